The Morgan fingerprint density at radius 1 is 0.762 bits per heavy atom. The number of fused-ring (bicyclic) bond motifs is 3. The SMILES string of the molecule is Oc1ccc2c3ccc(O)cc3n(-c3ccccn3)c2c1. The average Bonchev–Trinajstić information content (AvgIpc) is 2.80. The Morgan fingerprint density at radius 2 is 1.38 bits per heavy atom. The van der Waals surface area contributed by atoms with Crippen LogP contribution >= 0.6 is 0 Å². The highest BCUT2D eigenvalue weighted by atomic mass is 16.3. The number of rotatable bonds is 1. The first-order valence-electron chi connectivity index (χ1n) is 6.61. The molecule has 0 spiro atoms. The normalized spacial score (nSPS) is 11.2. The van der Waals surface area contributed by atoms with E-state index >= 15 is 0 Å². The number of pyridine rings is 1. The van der Waals surface area contributed by atoms with Gasteiger partial charge in [0.2, 0.25) is 0 Å². The first-order valence-corrected chi connectivity index (χ1v) is 6.61. The molecule has 0 saturated heterocycles. The fraction of sp³-hybridized carbons (Fsp3) is 0. The fourth-order valence-electron chi connectivity index (χ4n) is 2.73. The van der Waals surface area contributed by atoms with Gasteiger partial charge < -0.3 is 10.2 Å². The van der Waals surface area contributed by atoms with Gasteiger partial charge in [-0.2, -0.15) is 0 Å². The number of nitrogens with zero attached hydrogens (tertiary/aromatic N) is 2. The Bertz CT molecular complexity index is 900. The van der Waals surface area contributed by atoms with Crippen LogP contribution in [0, 0.1) is 0 Å². The zero-order valence-corrected chi connectivity index (χ0v) is 11.1. The molecular formula is C17H12N2O2. The van der Waals surface area contributed by atoms with Gasteiger partial charge in [-0.15, -0.1) is 0 Å². The Balaban J connectivity index is 2.24. The van der Waals surface area contributed by atoms with Crippen molar-refractivity contribution >= 4 is 21.8 Å². The standard InChI is InChI=1S/C17H12N2O2/c20-11-4-6-13-14-7-5-12(21)10-16(14)19(15(13)9-11)17-3-1-2-8-18-17/h1-10,20-21H. The van der Waals surface area contributed by atoms with Gasteiger partial charge >= 0.3 is 0 Å². The highest BCUT2D eigenvalue weighted by molar-refractivity contribution is 6.09. The molecule has 2 aromatic carbocycles. The van der Waals surface area contributed by atoms with Gasteiger partial charge in [-0.1, -0.05) is 6.07 Å². The molecule has 0 aliphatic rings. The van der Waals surface area contributed by atoms with Crippen LogP contribution in [-0.2, 0) is 0 Å². The number of aromatic nitrogens is 2. The van der Waals surface area contributed by atoms with E-state index in [1.54, 1.807) is 30.5 Å². The van der Waals surface area contributed by atoms with E-state index in [0.717, 1.165) is 27.6 Å². The molecular weight excluding hydrogens is 264 g/mol. The Kier molecular flexibility index (Phi) is 2.38. The van der Waals surface area contributed by atoms with Crippen molar-refractivity contribution < 1.29 is 10.2 Å². The summed E-state index contributed by atoms with van der Waals surface area (Å²) in [6.45, 7) is 0. The number of aromatic hydroxyl groups is 2. The third kappa shape index (κ3) is 1.73. The zero-order valence-electron chi connectivity index (χ0n) is 11.1. The van der Waals surface area contributed by atoms with E-state index in [2.05, 4.69) is 4.98 Å². The van der Waals surface area contributed by atoms with E-state index in [9.17, 15) is 10.2 Å². The van der Waals surface area contributed by atoms with Gasteiger partial charge in [0.25, 0.3) is 0 Å². The number of hydrogen-bond donors (Lipinski definition) is 2. The second kappa shape index (κ2) is 4.24. The molecule has 0 atom stereocenters. The molecule has 0 saturated carbocycles. The molecule has 2 N–H and O–H groups in total. The predicted molar refractivity (Wildman–Crippen MR) is 81.9 cm³/mol. The third-order valence-corrected chi connectivity index (χ3v) is 3.61. The van der Waals surface area contributed by atoms with Crippen molar-refractivity contribution in [1.29, 1.82) is 0 Å². The lowest BCUT2D eigenvalue weighted by Gasteiger charge is -2.06. The smallest absolute Gasteiger partial charge is 0.137 e. The first-order chi connectivity index (χ1) is 10.2. The Morgan fingerprint density at radius 3 is 1.90 bits per heavy atom. The summed E-state index contributed by atoms with van der Waals surface area (Å²) >= 11 is 0. The largest absolute Gasteiger partial charge is 0.508 e. The maximum Gasteiger partial charge on any atom is 0.137 e. The van der Waals surface area contributed by atoms with Gasteiger partial charge in [-0.05, 0) is 36.4 Å². The van der Waals surface area contributed by atoms with E-state index in [-0.39, 0.29) is 11.5 Å². The molecule has 2 heterocycles. The van der Waals surface area contributed by atoms with Crippen molar-refractivity contribution in [3.8, 4) is 17.3 Å². The van der Waals surface area contributed by atoms with Gasteiger partial charge in [0.05, 0.1) is 11.0 Å². The van der Waals surface area contributed by atoms with Crippen molar-refractivity contribution in [1.82, 2.24) is 9.55 Å². The minimum absolute atomic E-state index is 0.201. The fourth-order valence-corrected chi connectivity index (χ4v) is 2.73. The van der Waals surface area contributed by atoms with Crippen molar-refractivity contribution in [3.63, 3.8) is 0 Å². The van der Waals surface area contributed by atoms with Crippen molar-refractivity contribution in [2.24, 2.45) is 0 Å². The number of phenolic OH excluding ortho intramolecular Hbond substituents is 2. The zero-order chi connectivity index (χ0) is 14.4. The minimum Gasteiger partial charge on any atom is -0.508 e. The molecule has 0 unspecified atom stereocenters. The van der Waals surface area contributed by atoms with Crippen molar-refractivity contribution in [3.05, 3.63) is 60.8 Å². The van der Waals surface area contributed by atoms with Crippen molar-refractivity contribution in [2.45, 2.75) is 0 Å². The highest BCUT2D eigenvalue weighted by Crippen LogP contribution is 2.34. The van der Waals surface area contributed by atoms with Crippen LogP contribution in [0.4, 0.5) is 0 Å². The summed E-state index contributed by atoms with van der Waals surface area (Å²) in [6.07, 6.45) is 1.72. The summed E-state index contributed by atoms with van der Waals surface area (Å²) in [5.41, 5.74) is 1.71. The molecule has 4 heteroatoms. The molecule has 4 nitrogen and oxygen atoms in total. The summed E-state index contributed by atoms with van der Waals surface area (Å²) in [4.78, 5) is 4.38. The third-order valence-electron chi connectivity index (χ3n) is 3.61. The van der Waals surface area contributed by atoms with Crippen LogP contribution in [0.2, 0.25) is 0 Å². The van der Waals surface area contributed by atoms with Crippen LogP contribution in [0.25, 0.3) is 27.6 Å². The lowest BCUT2D eigenvalue weighted by Crippen LogP contribution is -1.95. The molecule has 0 bridgehead atoms. The molecule has 102 valence electrons. The van der Waals surface area contributed by atoms with Crippen LogP contribution in [-0.4, -0.2) is 19.8 Å². The van der Waals surface area contributed by atoms with E-state index < -0.39 is 0 Å². The van der Waals surface area contributed by atoms with Gasteiger partial charge in [-0.25, -0.2) is 4.98 Å². The second-order valence-corrected chi connectivity index (χ2v) is 4.93. The molecule has 0 fully saturated rings. The molecule has 0 aliphatic carbocycles. The van der Waals surface area contributed by atoms with E-state index in [1.165, 1.54) is 0 Å². The van der Waals surface area contributed by atoms with E-state index in [4.69, 9.17) is 0 Å². The number of hydrogen-bond acceptors (Lipinski definition) is 3. The first kappa shape index (κ1) is 11.8. The van der Waals surface area contributed by atoms with E-state index in [1.807, 2.05) is 34.9 Å². The average molecular weight is 276 g/mol. The monoisotopic (exact) mass is 276 g/mol. The maximum atomic E-state index is 9.80. The van der Waals surface area contributed by atoms with Crippen LogP contribution in [0.5, 0.6) is 11.5 Å². The van der Waals surface area contributed by atoms with Crippen LogP contribution in [0.15, 0.2) is 60.8 Å². The topological polar surface area (TPSA) is 58.3 Å². The summed E-state index contributed by atoms with van der Waals surface area (Å²) in [6, 6.07) is 16.2. The minimum atomic E-state index is 0.201. The number of benzene rings is 2. The molecule has 0 amide bonds. The number of phenols is 2. The van der Waals surface area contributed by atoms with E-state index in [0.29, 0.717) is 0 Å². The maximum absolute atomic E-state index is 9.80. The molecule has 2 aromatic heterocycles. The Labute approximate surface area is 120 Å². The summed E-state index contributed by atoms with van der Waals surface area (Å²) < 4.78 is 1.93. The van der Waals surface area contributed by atoms with Gasteiger partial charge in [0.1, 0.15) is 17.3 Å². The molecule has 0 aliphatic heterocycles. The molecule has 4 aromatic rings. The lowest BCUT2D eigenvalue weighted by atomic mass is 10.1. The lowest BCUT2D eigenvalue weighted by molar-refractivity contribution is 0.475. The Hall–Kier alpha value is -3.01. The van der Waals surface area contributed by atoms with Gasteiger partial charge in [0, 0.05) is 29.1 Å². The second-order valence-electron chi connectivity index (χ2n) is 4.93. The quantitative estimate of drug-likeness (QED) is 0.558. The molecule has 0 radical (unpaired) electrons. The summed E-state index contributed by atoms with van der Waals surface area (Å²) in [5.74, 6) is 1.15. The summed E-state index contributed by atoms with van der Waals surface area (Å²) in [7, 11) is 0. The van der Waals surface area contributed by atoms with Crippen LogP contribution in [0.3, 0.4) is 0 Å². The summed E-state index contributed by atoms with van der Waals surface area (Å²) in [5, 5.41) is 21.6. The predicted octanol–water partition coefficient (Wildman–Crippen LogP) is 3.59. The highest BCUT2D eigenvalue weighted by Gasteiger charge is 2.13. The van der Waals surface area contributed by atoms with Crippen LogP contribution < -0.4 is 0 Å². The van der Waals surface area contributed by atoms with Crippen LogP contribution in [0.1, 0.15) is 0 Å². The van der Waals surface area contributed by atoms with Crippen molar-refractivity contribution in [2.75, 3.05) is 0 Å². The molecule has 4 rings (SSSR count). The molecule has 21 heavy (non-hydrogen) atoms. The van der Waals surface area contributed by atoms with Gasteiger partial charge in [0.15, 0.2) is 0 Å². The van der Waals surface area contributed by atoms with Gasteiger partial charge in [-0.3, -0.25) is 4.57 Å².